The molecule has 3 aromatic rings. The highest BCUT2D eigenvalue weighted by molar-refractivity contribution is 6.31. The van der Waals surface area contributed by atoms with Gasteiger partial charge < -0.3 is 4.74 Å². The lowest BCUT2D eigenvalue weighted by Gasteiger charge is -2.44. The van der Waals surface area contributed by atoms with E-state index < -0.39 is 5.54 Å². The van der Waals surface area contributed by atoms with E-state index in [2.05, 4.69) is 25.1 Å². The largest absolute Gasteiger partial charge is 0.378 e. The third kappa shape index (κ3) is 3.30. The molecule has 158 valence electrons. The van der Waals surface area contributed by atoms with Gasteiger partial charge in [-0.05, 0) is 67.4 Å². The zero-order chi connectivity index (χ0) is 21.6. The molecule has 1 unspecified atom stereocenters. The first-order valence-corrected chi connectivity index (χ1v) is 11.1. The predicted octanol–water partition coefficient (Wildman–Crippen LogP) is 6.43. The molecule has 0 N–H and O–H groups in total. The number of hydrogen-bond donors (Lipinski definition) is 0. The van der Waals surface area contributed by atoms with Gasteiger partial charge >= 0.3 is 6.03 Å². The van der Waals surface area contributed by atoms with Gasteiger partial charge in [0.2, 0.25) is 0 Å². The number of carbonyl (C=O) groups is 1. The molecule has 3 aromatic carbocycles. The van der Waals surface area contributed by atoms with Crippen molar-refractivity contribution in [2.75, 3.05) is 23.0 Å². The summed E-state index contributed by atoms with van der Waals surface area (Å²) in [4.78, 5) is 17.8. The summed E-state index contributed by atoms with van der Waals surface area (Å²) in [5, 5.41) is 1.27. The third-order valence-corrected chi connectivity index (χ3v) is 6.73. The van der Waals surface area contributed by atoms with Crippen LogP contribution >= 0.6 is 23.2 Å². The van der Waals surface area contributed by atoms with Crippen LogP contribution < -0.4 is 9.80 Å². The van der Waals surface area contributed by atoms with Crippen molar-refractivity contribution in [2.24, 2.45) is 0 Å². The lowest BCUT2D eigenvalue weighted by Crippen LogP contribution is -2.56. The molecule has 0 aromatic heterocycles. The molecule has 31 heavy (non-hydrogen) atoms. The fourth-order valence-corrected chi connectivity index (χ4v) is 5.12. The standard InChI is InChI=1S/C25H22Cl2N2O2/c1-17-3-2-4-18(15-17)25-16-31-14-13-23(25)28(21-9-5-19(26)6-10-21)24(30)29(25)22-11-7-20(27)8-12-22/h2-12,15,23H,13-14,16H2,1H3/t23?,25-/m1/s1. The van der Waals surface area contributed by atoms with Crippen molar-refractivity contribution < 1.29 is 9.53 Å². The Morgan fingerprint density at radius 1 is 0.935 bits per heavy atom. The van der Waals surface area contributed by atoms with Crippen LogP contribution in [0.4, 0.5) is 16.2 Å². The van der Waals surface area contributed by atoms with Gasteiger partial charge in [0.05, 0.1) is 12.6 Å². The number of rotatable bonds is 3. The molecule has 5 rings (SSSR count). The number of hydrogen-bond acceptors (Lipinski definition) is 2. The number of fused-ring (bicyclic) bond motifs is 1. The lowest BCUT2D eigenvalue weighted by molar-refractivity contribution is 0.0320. The van der Waals surface area contributed by atoms with E-state index in [0.29, 0.717) is 23.3 Å². The molecule has 0 bridgehead atoms. The zero-order valence-corrected chi connectivity index (χ0v) is 18.6. The van der Waals surface area contributed by atoms with Crippen molar-refractivity contribution in [2.45, 2.75) is 24.9 Å². The summed E-state index contributed by atoms with van der Waals surface area (Å²) in [6, 6.07) is 23.1. The van der Waals surface area contributed by atoms with Crippen molar-refractivity contribution in [3.63, 3.8) is 0 Å². The summed E-state index contributed by atoms with van der Waals surface area (Å²) in [6.45, 7) is 3.09. The van der Waals surface area contributed by atoms with Crippen molar-refractivity contribution in [3.05, 3.63) is 94.0 Å². The minimum atomic E-state index is -0.658. The Balaban J connectivity index is 1.74. The number of nitrogens with zero attached hydrogens (tertiary/aromatic N) is 2. The topological polar surface area (TPSA) is 32.8 Å². The van der Waals surface area contributed by atoms with E-state index in [-0.39, 0.29) is 12.1 Å². The molecule has 0 radical (unpaired) electrons. The smallest absolute Gasteiger partial charge is 0.330 e. The monoisotopic (exact) mass is 452 g/mol. The summed E-state index contributed by atoms with van der Waals surface area (Å²) in [6.07, 6.45) is 0.729. The first-order valence-electron chi connectivity index (χ1n) is 10.3. The van der Waals surface area contributed by atoms with Gasteiger partial charge in [0.25, 0.3) is 0 Å². The maximum Gasteiger partial charge on any atom is 0.330 e. The number of halogens is 2. The first-order chi connectivity index (χ1) is 15.0. The Labute approximate surface area is 191 Å². The Hall–Kier alpha value is -2.53. The van der Waals surface area contributed by atoms with Gasteiger partial charge in [-0.15, -0.1) is 0 Å². The minimum absolute atomic E-state index is 0.0818. The number of aryl methyl sites for hydroxylation is 1. The molecule has 0 spiro atoms. The Morgan fingerprint density at radius 3 is 2.23 bits per heavy atom. The molecule has 2 atom stereocenters. The van der Waals surface area contributed by atoms with E-state index in [4.69, 9.17) is 27.9 Å². The van der Waals surface area contributed by atoms with Crippen LogP contribution in [-0.2, 0) is 10.3 Å². The normalized spacial score (nSPS) is 23.2. The van der Waals surface area contributed by atoms with Gasteiger partial charge in [-0.3, -0.25) is 9.80 Å². The van der Waals surface area contributed by atoms with Crippen LogP contribution in [-0.4, -0.2) is 25.3 Å². The summed E-state index contributed by atoms with van der Waals surface area (Å²) in [5.41, 5.74) is 3.17. The second-order valence-corrected chi connectivity index (χ2v) is 8.96. The van der Waals surface area contributed by atoms with Crippen molar-refractivity contribution >= 4 is 40.6 Å². The molecule has 2 aliphatic rings. The molecular formula is C25H22Cl2N2O2. The number of carbonyl (C=O) groups excluding carboxylic acids is 1. The molecule has 2 fully saturated rings. The van der Waals surface area contributed by atoms with Crippen LogP contribution in [0.1, 0.15) is 17.5 Å². The molecule has 2 heterocycles. The summed E-state index contributed by atoms with van der Waals surface area (Å²) < 4.78 is 6.04. The Morgan fingerprint density at radius 2 is 1.58 bits per heavy atom. The number of benzene rings is 3. The highest BCUT2D eigenvalue weighted by Gasteiger charge is 2.60. The number of amides is 2. The first kappa shape index (κ1) is 20.4. The van der Waals surface area contributed by atoms with Crippen molar-refractivity contribution in [3.8, 4) is 0 Å². The molecule has 2 amide bonds. The second-order valence-electron chi connectivity index (χ2n) is 8.09. The number of ether oxygens (including phenoxy) is 1. The van der Waals surface area contributed by atoms with Crippen LogP contribution in [0, 0.1) is 6.92 Å². The number of anilines is 2. The van der Waals surface area contributed by atoms with Crippen molar-refractivity contribution in [1.82, 2.24) is 0 Å². The molecule has 6 heteroatoms. The fourth-order valence-electron chi connectivity index (χ4n) is 4.87. The third-order valence-electron chi connectivity index (χ3n) is 6.22. The Bertz CT molecular complexity index is 1120. The minimum Gasteiger partial charge on any atom is -0.378 e. The molecule has 2 aliphatic heterocycles. The average molecular weight is 453 g/mol. The van der Waals surface area contributed by atoms with E-state index in [0.717, 1.165) is 28.9 Å². The summed E-state index contributed by atoms with van der Waals surface area (Å²) >= 11 is 12.3. The number of urea groups is 1. The zero-order valence-electron chi connectivity index (χ0n) is 17.1. The van der Waals surface area contributed by atoms with Crippen LogP contribution in [0.2, 0.25) is 10.0 Å². The molecule has 0 saturated carbocycles. The quantitative estimate of drug-likeness (QED) is 0.458. The highest BCUT2D eigenvalue weighted by atomic mass is 35.5. The van der Waals surface area contributed by atoms with Gasteiger partial charge in [-0.25, -0.2) is 4.79 Å². The van der Waals surface area contributed by atoms with Gasteiger partial charge in [-0.2, -0.15) is 0 Å². The van der Waals surface area contributed by atoms with Crippen LogP contribution in [0.25, 0.3) is 0 Å². The molecule has 0 aliphatic carbocycles. The lowest BCUT2D eigenvalue weighted by atomic mass is 9.79. The maximum atomic E-state index is 14.0. The SMILES string of the molecule is Cc1cccc([C@]23COCCC2N(c2ccc(Cl)cc2)C(=O)N3c2ccc(Cl)cc2)c1. The van der Waals surface area contributed by atoms with Gasteiger partial charge in [0.1, 0.15) is 5.54 Å². The Kier molecular flexibility index (Phi) is 5.17. The predicted molar refractivity (Wildman–Crippen MR) is 125 cm³/mol. The van der Waals surface area contributed by atoms with Crippen molar-refractivity contribution in [1.29, 1.82) is 0 Å². The molecular weight excluding hydrogens is 431 g/mol. The van der Waals surface area contributed by atoms with Gasteiger partial charge in [0, 0.05) is 28.0 Å². The van der Waals surface area contributed by atoms with E-state index in [1.807, 2.05) is 64.4 Å². The molecule has 4 nitrogen and oxygen atoms in total. The molecule has 2 saturated heterocycles. The highest BCUT2D eigenvalue weighted by Crippen LogP contribution is 2.49. The summed E-state index contributed by atoms with van der Waals surface area (Å²) in [5.74, 6) is 0. The van der Waals surface area contributed by atoms with Gasteiger partial charge in [0.15, 0.2) is 0 Å². The van der Waals surface area contributed by atoms with Crippen LogP contribution in [0.5, 0.6) is 0 Å². The maximum absolute atomic E-state index is 14.0. The average Bonchev–Trinajstić information content (AvgIpc) is 3.04. The van der Waals surface area contributed by atoms with E-state index in [1.165, 1.54) is 0 Å². The van der Waals surface area contributed by atoms with Gasteiger partial charge in [-0.1, -0.05) is 53.0 Å². The van der Waals surface area contributed by atoms with E-state index >= 15 is 0 Å². The summed E-state index contributed by atoms with van der Waals surface area (Å²) in [7, 11) is 0. The van der Waals surface area contributed by atoms with Crippen LogP contribution in [0.15, 0.2) is 72.8 Å². The van der Waals surface area contributed by atoms with E-state index in [9.17, 15) is 4.79 Å². The fraction of sp³-hybridized carbons (Fsp3) is 0.240. The second kappa shape index (κ2) is 7.86. The van der Waals surface area contributed by atoms with Crippen LogP contribution in [0.3, 0.4) is 0 Å². The van der Waals surface area contributed by atoms with E-state index in [1.54, 1.807) is 0 Å².